The fourth-order valence-electron chi connectivity index (χ4n) is 2.65. The van der Waals surface area contributed by atoms with Gasteiger partial charge in [0, 0.05) is 23.5 Å². The molecule has 0 unspecified atom stereocenters. The number of rotatable bonds is 8. The fourth-order valence-corrected chi connectivity index (χ4v) is 3.36. The van der Waals surface area contributed by atoms with Crippen LogP contribution in [-0.4, -0.2) is 12.5 Å². The number of ether oxygens (including phenoxy) is 1. The summed E-state index contributed by atoms with van der Waals surface area (Å²) in [5.41, 5.74) is 8.02. The maximum Gasteiger partial charge on any atom is 0.248 e. The van der Waals surface area contributed by atoms with Crippen molar-refractivity contribution in [3.05, 3.63) is 81.5 Å². The van der Waals surface area contributed by atoms with Gasteiger partial charge in [0.1, 0.15) is 11.5 Å². The maximum absolute atomic E-state index is 11.1. The Bertz CT molecular complexity index is 858. The predicted octanol–water partition coefficient (Wildman–Crippen LogP) is 4.28. The molecule has 3 aromatic rings. The summed E-state index contributed by atoms with van der Waals surface area (Å²) >= 11 is 1.79. The first-order valence-corrected chi connectivity index (χ1v) is 9.40. The number of primary amides is 1. The molecule has 0 bridgehead atoms. The van der Waals surface area contributed by atoms with E-state index in [1.165, 1.54) is 10.4 Å². The van der Waals surface area contributed by atoms with Crippen molar-refractivity contribution in [1.29, 1.82) is 0 Å². The number of hydrogen-bond donors (Lipinski definition) is 2. The van der Waals surface area contributed by atoms with E-state index in [0.29, 0.717) is 11.3 Å². The molecule has 0 spiro atoms. The number of carbonyl (C=O) groups excluding carboxylic acids is 1. The quantitative estimate of drug-likeness (QED) is 0.585. The summed E-state index contributed by atoms with van der Waals surface area (Å²) in [6.45, 7) is 3.83. The molecule has 26 heavy (non-hydrogen) atoms. The van der Waals surface area contributed by atoms with Crippen molar-refractivity contribution in [3.8, 4) is 11.5 Å². The van der Waals surface area contributed by atoms with Crippen molar-refractivity contribution in [2.24, 2.45) is 5.73 Å². The Hall–Kier alpha value is -2.63. The van der Waals surface area contributed by atoms with Gasteiger partial charge in [-0.3, -0.25) is 4.79 Å². The van der Waals surface area contributed by atoms with Crippen LogP contribution >= 0.6 is 11.3 Å². The van der Waals surface area contributed by atoms with Gasteiger partial charge >= 0.3 is 0 Å². The van der Waals surface area contributed by atoms with Crippen molar-refractivity contribution < 1.29 is 9.53 Å². The van der Waals surface area contributed by atoms with E-state index in [-0.39, 0.29) is 0 Å². The molecule has 0 saturated carbocycles. The molecule has 134 valence electrons. The van der Waals surface area contributed by atoms with Crippen LogP contribution in [0.4, 0.5) is 0 Å². The van der Waals surface area contributed by atoms with Gasteiger partial charge in [-0.05, 0) is 66.2 Å². The molecule has 5 heteroatoms. The lowest BCUT2D eigenvalue weighted by atomic mass is 10.1. The third-order valence-corrected chi connectivity index (χ3v) is 5.00. The summed E-state index contributed by atoms with van der Waals surface area (Å²) < 4.78 is 5.90. The second-order valence-electron chi connectivity index (χ2n) is 6.10. The van der Waals surface area contributed by atoms with Crippen LogP contribution in [-0.2, 0) is 13.0 Å². The van der Waals surface area contributed by atoms with Gasteiger partial charge < -0.3 is 15.8 Å². The van der Waals surface area contributed by atoms with Crippen LogP contribution in [0.3, 0.4) is 0 Å². The minimum Gasteiger partial charge on any atom is -0.457 e. The number of hydrogen-bond acceptors (Lipinski definition) is 4. The number of nitrogens with one attached hydrogen (secondary N) is 1. The van der Waals surface area contributed by atoms with E-state index in [4.69, 9.17) is 10.5 Å². The molecule has 0 aliphatic carbocycles. The second kappa shape index (κ2) is 8.65. The number of amides is 1. The lowest BCUT2D eigenvalue weighted by molar-refractivity contribution is 0.100. The van der Waals surface area contributed by atoms with E-state index in [1.807, 2.05) is 13.0 Å². The molecule has 0 aliphatic heterocycles. The fraction of sp³-hybridized carbons (Fsp3) is 0.190. The Labute approximate surface area is 157 Å². The summed E-state index contributed by atoms with van der Waals surface area (Å²) in [4.78, 5) is 12.5. The standard InChI is InChI=1S/C21H22N2O2S/c1-15-13-16(14-23-11-10-19-3-2-12-26-19)4-9-20(15)25-18-7-5-17(6-8-18)21(22)24/h2-9,12-13,23H,10-11,14H2,1H3,(H2,22,24). The van der Waals surface area contributed by atoms with Crippen molar-refractivity contribution in [2.75, 3.05) is 6.54 Å². The highest BCUT2D eigenvalue weighted by molar-refractivity contribution is 7.09. The van der Waals surface area contributed by atoms with E-state index in [1.54, 1.807) is 35.6 Å². The topological polar surface area (TPSA) is 64.3 Å². The Balaban J connectivity index is 1.54. The SMILES string of the molecule is Cc1cc(CNCCc2cccs2)ccc1Oc1ccc(C(N)=O)cc1. The third kappa shape index (κ3) is 4.94. The number of carbonyl (C=O) groups is 1. The summed E-state index contributed by atoms with van der Waals surface area (Å²) in [5, 5.41) is 5.59. The van der Waals surface area contributed by atoms with Gasteiger partial charge in [0.25, 0.3) is 0 Å². The smallest absolute Gasteiger partial charge is 0.248 e. The van der Waals surface area contributed by atoms with E-state index >= 15 is 0 Å². The first-order chi connectivity index (χ1) is 12.6. The van der Waals surface area contributed by atoms with Crippen LogP contribution in [0.25, 0.3) is 0 Å². The molecule has 4 nitrogen and oxygen atoms in total. The monoisotopic (exact) mass is 366 g/mol. The van der Waals surface area contributed by atoms with Crippen molar-refractivity contribution in [3.63, 3.8) is 0 Å². The average Bonchev–Trinajstić information content (AvgIpc) is 3.15. The van der Waals surface area contributed by atoms with Crippen LogP contribution in [0.15, 0.2) is 60.0 Å². The number of aryl methyl sites for hydroxylation is 1. The van der Waals surface area contributed by atoms with E-state index in [0.717, 1.165) is 30.8 Å². The Morgan fingerprint density at radius 1 is 1.15 bits per heavy atom. The molecule has 3 N–H and O–H groups in total. The van der Waals surface area contributed by atoms with E-state index in [2.05, 4.69) is 35.0 Å². The Morgan fingerprint density at radius 3 is 2.62 bits per heavy atom. The molecule has 0 fully saturated rings. The van der Waals surface area contributed by atoms with Gasteiger partial charge in [-0.25, -0.2) is 0 Å². The normalized spacial score (nSPS) is 10.7. The van der Waals surface area contributed by atoms with Crippen LogP contribution in [0, 0.1) is 6.92 Å². The first-order valence-electron chi connectivity index (χ1n) is 8.52. The number of benzene rings is 2. The number of nitrogens with two attached hydrogens (primary N) is 1. The average molecular weight is 366 g/mol. The van der Waals surface area contributed by atoms with Gasteiger partial charge in [0.2, 0.25) is 5.91 Å². The third-order valence-electron chi connectivity index (χ3n) is 4.06. The Morgan fingerprint density at radius 2 is 1.96 bits per heavy atom. The van der Waals surface area contributed by atoms with Gasteiger partial charge in [0.05, 0.1) is 0 Å². The molecule has 0 saturated heterocycles. The summed E-state index contributed by atoms with van der Waals surface area (Å²) in [7, 11) is 0. The molecule has 0 aliphatic rings. The molecule has 1 aromatic heterocycles. The highest BCUT2D eigenvalue weighted by atomic mass is 32.1. The van der Waals surface area contributed by atoms with Crippen LogP contribution < -0.4 is 15.8 Å². The van der Waals surface area contributed by atoms with Crippen molar-refractivity contribution in [2.45, 2.75) is 19.9 Å². The Kier molecular flexibility index (Phi) is 6.04. The molecule has 1 heterocycles. The van der Waals surface area contributed by atoms with Crippen molar-refractivity contribution >= 4 is 17.2 Å². The summed E-state index contributed by atoms with van der Waals surface area (Å²) in [5.74, 6) is 1.04. The van der Waals surface area contributed by atoms with Crippen LogP contribution in [0.5, 0.6) is 11.5 Å². The summed E-state index contributed by atoms with van der Waals surface area (Å²) in [6.07, 6.45) is 1.05. The molecular formula is C21H22N2O2S. The second-order valence-corrected chi connectivity index (χ2v) is 7.13. The van der Waals surface area contributed by atoms with Gasteiger partial charge in [-0.2, -0.15) is 0 Å². The summed E-state index contributed by atoms with van der Waals surface area (Å²) in [6, 6.07) is 17.3. The first kappa shape index (κ1) is 18.2. The maximum atomic E-state index is 11.1. The molecular weight excluding hydrogens is 344 g/mol. The predicted molar refractivity (Wildman–Crippen MR) is 106 cm³/mol. The van der Waals surface area contributed by atoms with Gasteiger partial charge in [-0.1, -0.05) is 18.2 Å². The minimum atomic E-state index is -0.441. The van der Waals surface area contributed by atoms with Crippen LogP contribution in [0.1, 0.15) is 26.4 Å². The zero-order chi connectivity index (χ0) is 18.4. The lowest BCUT2D eigenvalue weighted by Crippen LogP contribution is -2.16. The highest BCUT2D eigenvalue weighted by Crippen LogP contribution is 2.26. The molecule has 3 rings (SSSR count). The highest BCUT2D eigenvalue weighted by Gasteiger charge is 2.05. The van der Waals surface area contributed by atoms with Crippen molar-refractivity contribution in [1.82, 2.24) is 5.32 Å². The van der Waals surface area contributed by atoms with Gasteiger partial charge in [0.15, 0.2) is 0 Å². The van der Waals surface area contributed by atoms with E-state index < -0.39 is 5.91 Å². The molecule has 0 radical (unpaired) electrons. The minimum absolute atomic E-state index is 0.441. The van der Waals surface area contributed by atoms with Gasteiger partial charge in [-0.15, -0.1) is 11.3 Å². The zero-order valence-electron chi connectivity index (χ0n) is 14.7. The molecule has 0 atom stereocenters. The van der Waals surface area contributed by atoms with Crippen LogP contribution in [0.2, 0.25) is 0 Å². The molecule has 2 aromatic carbocycles. The largest absolute Gasteiger partial charge is 0.457 e. The molecule has 1 amide bonds. The zero-order valence-corrected chi connectivity index (χ0v) is 15.5. The van der Waals surface area contributed by atoms with E-state index in [9.17, 15) is 4.79 Å². The number of thiophene rings is 1. The lowest BCUT2D eigenvalue weighted by Gasteiger charge is -2.11.